The highest BCUT2D eigenvalue weighted by atomic mass is 16.2. The van der Waals surface area contributed by atoms with Crippen LogP contribution in [0.2, 0.25) is 0 Å². The van der Waals surface area contributed by atoms with Crippen molar-refractivity contribution in [2.75, 3.05) is 40.6 Å². The van der Waals surface area contributed by atoms with E-state index in [0.717, 1.165) is 53.0 Å². The second-order valence-electron chi connectivity index (χ2n) is 12.3. The zero-order valence-electron chi connectivity index (χ0n) is 25.9. The molecule has 13 heteroatoms. The normalized spacial score (nSPS) is 21.3. The molecular weight excluding hydrogens is 584 g/mol. The Kier molecular flexibility index (Phi) is 7.27. The number of aromatic nitrogens is 4. The number of nitriles is 1. The van der Waals surface area contributed by atoms with Crippen molar-refractivity contribution in [3.63, 3.8) is 0 Å². The standard InChI is InChI=1S/C33H34N10O3/c1-18-17-43(33-35-16-20(15-34)31(39-33)37-21-5-8-26-19(12-21)13-29(45)41(26)2)11-10-25(18)36-22-4-6-23-27(14-22)42(3)40-30(23)24-7-9-28(44)38-32(24)46/h4-6,8,12,14,16,18,24-25,36H,7,9-11,13,17H2,1-3H3,(H,35,37,39)(H,38,44,46)/t18-,24?,25-/m1/s1. The number of hydrogen-bond donors (Lipinski definition) is 3. The van der Waals surface area contributed by atoms with Crippen LogP contribution < -0.4 is 25.8 Å². The van der Waals surface area contributed by atoms with Gasteiger partial charge in [-0.2, -0.15) is 15.3 Å². The number of hydrogen-bond acceptors (Lipinski definition) is 10. The third kappa shape index (κ3) is 5.25. The maximum Gasteiger partial charge on any atom is 0.235 e. The number of nitrogens with zero attached hydrogens (tertiary/aromatic N) is 7. The van der Waals surface area contributed by atoms with Crippen LogP contribution in [0.1, 0.15) is 48.9 Å². The first-order valence-corrected chi connectivity index (χ1v) is 15.4. The van der Waals surface area contributed by atoms with Crippen LogP contribution in [-0.2, 0) is 27.9 Å². The Morgan fingerprint density at radius 2 is 1.89 bits per heavy atom. The molecule has 1 unspecified atom stereocenters. The molecule has 13 nitrogen and oxygen atoms in total. The highest BCUT2D eigenvalue weighted by Crippen LogP contribution is 2.34. The molecule has 46 heavy (non-hydrogen) atoms. The van der Waals surface area contributed by atoms with Crippen molar-refractivity contribution in [1.82, 2.24) is 25.1 Å². The smallest absolute Gasteiger partial charge is 0.235 e. The van der Waals surface area contributed by atoms with Gasteiger partial charge in [-0.3, -0.25) is 24.4 Å². The Bertz CT molecular complexity index is 1950. The van der Waals surface area contributed by atoms with Gasteiger partial charge in [-0.25, -0.2) is 4.98 Å². The first-order valence-electron chi connectivity index (χ1n) is 15.4. The Balaban J connectivity index is 1.04. The topological polar surface area (TPSA) is 161 Å². The predicted octanol–water partition coefficient (Wildman–Crippen LogP) is 3.34. The van der Waals surface area contributed by atoms with Gasteiger partial charge < -0.3 is 20.4 Å². The summed E-state index contributed by atoms with van der Waals surface area (Å²) in [7, 11) is 3.64. The van der Waals surface area contributed by atoms with Gasteiger partial charge >= 0.3 is 0 Å². The number of likely N-dealkylation sites (N-methyl/N-ethyl adjacent to an activating group) is 1. The van der Waals surface area contributed by atoms with Crippen LogP contribution in [0.15, 0.2) is 42.6 Å². The van der Waals surface area contributed by atoms with Crippen molar-refractivity contribution in [2.45, 2.75) is 44.6 Å². The van der Waals surface area contributed by atoms with Crippen LogP contribution in [0, 0.1) is 17.2 Å². The Labute approximate surface area is 265 Å². The average Bonchev–Trinajstić information content (AvgIpc) is 3.51. The number of carbonyl (C=O) groups excluding carboxylic acids is 3. The Morgan fingerprint density at radius 3 is 2.67 bits per heavy atom. The van der Waals surface area contributed by atoms with Gasteiger partial charge in [0.05, 0.1) is 29.7 Å². The van der Waals surface area contributed by atoms with Gasteiger partial charge in [-0.15, -0.1) is 0 Å². The van der Waals surface area contributed by atoms with Gasteiger partial charge in [-0.1, -0.05) is 6.92 Å². The molecule has 5 heterocycles. The lowest BCUT2D eigenvalue weighted by Gasteiger charge is -2.37. The number of carbonyl (C=O) groups is 3. The predicted molar refractivity (Wildman–Crippen MR) is 173 cm³/mol. The molecule has 0 saturated carbocycles. The summed E-state index contributed by atoms with van der Waals surface area (Å²) in [5, 5.41) is 24.7. The Hall–Kier alpha value is -5.51. The summed E-state index contributed by atoms with van der Waals surface area (Å²) in [5.74, 6) is 0.334. The quantitative estimate of drug-likeness (QED) is 0.273. The molecular formula is C33H34N10O3. The van der Waals surface area contributed by atoms with Crippen LogP contribution in [0.3, 0.4) is 0 Å². The third-order valence-electron chi connectivity index (χ3n) is 9.31. The minimum absolute atomic E-state index is 0.0534. The van der Waals surface area contributed by atoms with Crippen molar-refractivity contribution in [3.05, 3.63) is 59.4 Å². The number of piperidine rings is 2. The molecule has 3 aliphatic rings. The summed E-state index contributed by atoms with van der Waals surface area (Å²) in [6.07, 6.45) is 3.52. The SMILES string of the molecule is C[C@@H]1CN(c2ncc(C#N)c(Nc3ccc4c(c3)CC(=O)N4C)n2)CC[C@H]1Nc1ccc2c(C3CCC(=O)NC3=O)nn(C)c2c1. The van der Waals surface area contributed by atoms with E-state index in [1.165, 1.54) is 0 Å². The maximum absolute atomic E-state index is 12.5. The second-order valence-corrected chi connectivity index (χ2v) is 12.3. The van der Waals surface area contributed by atoms with Crippen molar-refractivity contribution < 1.29 is 14.4 Å². The molecule has 3 atom stereocenters. The minimum atomic E-state index is -0.439. The van der Waals surface area contributed by atoms with Gasteiger partial charge in [0.15, 0.2) is 5.82 Å². The largest absolute Gasteiger partial charge is 0.382 e. The van der Waals surface area contributed by atoms with Gasteiger partial charge in [0.1, 0.15) is 11.6 Å². The molecule has 0 spiro atoms. The van der Waals surface area contributed by atoms with Crippen LogP contribution in [-0.4, -0.2) is 63.6 Å². The van der Waals surface area contributed by atoms with Crippen LogP contribution in [0.4, 0.5) is 28.8 Å². The summed E-state index contributed by atoms with van der Waals surface area (Å²) in [4.78, 5) is 49.3. The lowest BCUT2D eigenvalue weighted by Crippen LogP contribution is -2.46. The Morgan fingerprint density at radius 1 is 1.07 bits per heavy atom. The fourth-order valence-corrected chi connectivity index (χ4v) is 6.73. The van der Waals surface area contributed by atoms with Gasteiger partial charge in [0.25, 0.3) is 0 Å². The van der Waals surface area contributed by atoms with E-state index in [1.54, 1.807) is 22.8 Å². The molecule has 7 rings (SSSR count). The lowest BCUT2D eigenvalue weighted by atomic mass is 9.92. The zero-order chi connectivity index (χ0) is 32.1. The van der Waals surface area contributed by atoms with E-state index < -0.39 is 5.92 Å². The summed E-state index contributed by atoms with van der Waals surface area (Å²) >= 11 is 0. The molecule has 2 saturated heterocycles. The number of fused-ring (bicyclic) bond motifs is 2. The molecule has 3 amide bonds. The highest BCUT2D eigenvalue weighted by Gasteiger charge is 2.32. The van der Waals surface area contributed by atoms with Crippen molar-refractivity contribution in [1.29, 1.82) is 5.26 Å². The summed E-state index contributed by atoms with van der Waals surface area (Å²) in [6.45, 7) is 3.65. The fourth-order valence-electron chi connectivity index (χ4n) is 6.73. The molecule has 2 aromatic carbocycles. The van der Waals surface area contributed by atoms with Gasteiger partial charge in [-0.05, 0) is 60.7 Å². The number of benzene rings is 2. The van der Waals surface area contributed by atoms with Crippen molar-refractivity contribution >= 4 is 57.5 Å². The van der Waals surface area contributed by atoms with Gasteiger partial charge in [0.2, 0.25) is 23.7 Å². The second kappa shape index (κ2) is 11.4. The summed E-state index contributed by atoms with van der Waals surface area (Å²) in [6, 6.07) is 14.2. The molecule has 234 valence electrons. The summed E-state index contributed by atoms with van der Waals surface area (Å²) in [5.41, 5.74) is 5.52. The average molecular weight is 619 g/mol. The van der Waals surface area contributed by atoms with Crippen molar-refractivity contribution in [2.24, 2.45) is 13.0 Å². The molecule has 3 N–H and O–H groups in total. The number of imide groups is 1. The fraction of sp³-hybridized carbons (Fsp3) is 0.364. The molecule has 0 aliphatic carbocycles. The van der Waals surface area contributed by atoms with E-state index in [-0.39, 0.29) is 29.7 Å². The van der Waals surface area contributed by atoms with Crippen molar-refractivity contribution in [3.8, 4) is 6.07 Å². The number of nitrogens with one attached hydrogen (secondary N) is 3. The molecule has 0 radical (unpaired) electrons. The third-order valence-corrected chi connectivity index (χ3v) is 9.31. The van der Waals surface area contributed by atoms with E-state index in [9.17, 15) is 19.6 Å². The molecule has 2 fully saturated rings. The zero-order valence-corrected chi connectivity index (χ0v) is 25.9. The van der Waals surface area contributed by atoms with Gasteiger partial charge in [0, 0.05) is 62.1 Å². The summed E-state index contributed by atoms with van der Waals surface area (Å²) < 4.78 is 1.79. The lowest BCUT2D eigenvalue weighted by molar-refractivity contribution is -0.134. The number of rotatable bonds is 6. The first-order chi connectivity index (χ1) is 22.2. The first kappa shape index (κ1) is 29.2. The van der Waals surface area contributed by atoms with E-state index in [4.69, 9.17) is 4.98 Å². The maximum atomic E-state index is 12.5. The molecule has 0 bridgehead atoms. The minimum Gasteiger partial charge on any atom is -0.382 e. The number of aryl methyl sites for hydroxylation is 1. The van der Waals surface area contributed by atoms with E-state index >= 15 is 0 Å². The monoisotopic (exact) mass is 618 g/mol. The van der Waals surface area contributed by atoms with Crippen LogP contribution >= 0.6 is 0 Å². The number of amides is 3. The number of anilines is 5. The van der Waals surface area contributed by atoms with E-state index in [0.29, 0.717) is 42.3 Å². The molecule has 2 aromatic heterocycles. The molecule has 3 aliphatic heterocycles. The van der Waals surface area contributed by atoms with Crippen LogP contribution in [0.25, 0.3) is 10.9 Å². The van der Waals surface area contributed by atoms with E-state index in [1.807, 2.05) is 37.4 Å². The van der Waals surface area contributed by atoms with E-state index in [2.05, 4.69) is 50.0 Å². The highest BCUT2D eigenvalue weighted by molar-refractivity contribution is 6.03. The van der Waals surface area contributed by atoms with Crippen LogP contribution in [0.5, 0.6) is 0 Å². The molecule has 4 aromatic rings.